The quantitative estimate of drug-likeness (QED) is 0.751. The first-order valence-corrected chi connectivity index (χ1v) is 5.03. The molecule has 0 amide bonds. The molecule has 0 spiro atoms. The monoisotopic (exact) mass is 238 g/mol. The molecule has 2 aromatic rings. The van der Waals surface area contributed by atoms with Crippen LogP contribution >= 0.6 is 23.8 Å². The SMILES string of the molecule is O=c1[nH]c(-c2ccc(Cl)cc2)cc(=S)[nH]1. The minimum atomic E-state index is -0.313. The second-order valence-electron chi connectivity index (χ2n) is 3.01. The molecule has 0 saturated carbocycles. The van der Waals surface area contributed by atoms with Gasteiger partial charge < -0.3 is 4.98 Å². The second kappa shape index (κ2) is 4.00. The molecule has 3 nitrogen and oxygen atoms in total. The molecule has 0 atom stereocenters. The van der Waals surface area contributed by atoms with Gasteiger partial charge in [-0.15, -0.1) is 0 Å². The molecular weight excluding hydrogens is 232 g/mol. The van der Waals surface area contributed by atoms with Crippen LogP contribution < -0.4 is 5.69 Å². The first kappa shape index (κ1) is 10.1. The van der Waals surface area contributed by atoms with Gasteiger partial charge in [0.1, 0.15) is 4.64 Å². The maximum absolute atomic E-state index is 11.1. The summed E-state index contributed by atoms with van der Waals surface area (Å²) in [7, 11) is 0. The van der Waals surface area contributed by atoms with E-state index in [4.69, 9.17) is 23.8 Å². The Hall–Kier alpha value is -1.39. The van der Waals surface area contributed by atoms with Gasteiger partial charge in [0.15, 0.2) is 0 Å². The molecule has 0 aliphatic rings. The number of hydrogen-bond acceptors (Lipinski definition) is 2. The van der Waals surface area contributed by atoms with Crippen molar-refractivity contribution in [1.29, 1.82) is 0 Å². The van der Waals surface area contributed by atoms with E-state index in [0.29, 0.717) is 15.4 Å². The predicted molar refractivity (Wildman–Crippen MR) is 62.7 cm³/mol. The molecule has 5 heteroatoms. The van der Waals surface area contributed by atoms with Crippen LogP contribution in [0.4, 0.5) is 0 Å². The van der Waals surface area contributed by atoms with Crippen molar-refractivity contribution in [3.8, 4) is 11.3 Å². The molecule has 15 heavy (non-hydrogen) atoms. The van der Waals surface area contributed by atoms with Crippen molar-refractivity contribution < 1.29 is 0 Å². The first-order valence-electron chi connectivity index (χ1n) is 4.25. The Kier molecular flexibility index (Phi) is 2.70. The van der Waals surface area contributed by atoms with E-state index < -0.39 is 0 Å². The van der Waals surface area contributed by atoms with Gasteiger partial charge in [0, 0.05) is 5.02 Å². The number of aromatic amines is 2. The lowest BCUT2D eigenvalue weighted by Gasteiger charge is -2.00. The summed E-state index contributed by atoms with van der Waals surface area (Å²) in [6.07, 6.45) is 0. The number of H-pyrrole nitrogens is 2. The number of nitrogens with one attached hydrogen (secondary N) is 2. The first-order chi connectivity index (χ1) is 7.15. The van der Waals surface area contributed by atoms with Crippen molar-refractivity contribution in [1.82, 2.24) is 9.97 Å². The highest BCUT2D eigenvalue weighted by Gasteiger charge is 1.98. The fourth-order valence-corrected chi connectivity index (χ4v) is 1.59. The van der Waals surface area contributed by atoms with Crippen LogP contribution in [0.5, 0.6) is 0 Å². The van der Waals surface area contributed by atoms with Gasteiger partial charge in [-0.1, -0.05) is 36.0 Å². The van der Waals surface area contributed by atoms with Gasteiger partial charge in [0.2, 0.25) is 0 Å². The summed E-state index contributed by atoms with van der Waals surface area (Å²) in [6, 6.07) is 8.86. The summed E-state index contributed by atoms with van der Waals surface area (Å²) in [6.45, 7) is 0. The van der Waals surface area contributed by atoms with Crippen molar-refractivity contribution in [3.05, 3.63) is 50.5 Å². The molecule has 0 radical (unpaired) electrons. The number of halogens is 1. The van der Waals surface area contributed by atoms with E-state index in [-0.39, 0.29) is 5.69 Å². The van der Waals surface area contributed by atoms with E-state index in [2.05, 4.69) is 9.97 Å². The van der Waals surface area contributed by atoms with E-state index in [1.165, 1.54) is 0 Å². The van der Waals surface area contributed by atoms with Crippen LogP contribution in [0.3, 0.4) is 0 Å². The van der Waals surface area contributed by atoms with Gasteiger partial charge >= 0.3 is 5.69 Å². The summed E-state index contributed by atoms with van der Waals surface area (Å²) < 4.78 is 0.406. The lowest BCUT2D eigenvalue weighted by molar-refractivity contribution is 1.07. The molecule has 1 aromatic carbocycles. The fraction of sp³-hybridized carbons (Fsp3) is 0. The largest absolute Gasteiger partial charge is 0.324 e. The van der Waals surface area contributed by atoms with Gasteiger partial charge in [-0.3, -0.25) is 4.98 Å². The van der Waals surface area contributed by atoms with Gasteiger partial charge in [-0.25, -0.2) is 4.79 Å². The van der Waals surface area contributed by atoms with Gasteiger partial charge in [-0.05, 0) is 23.8 Å². The van der Waals surface area contributed by atoms with Crippen LogP contribution in [0.2, 0.25) is 5.02 Å². The van der Waals surface area contributed by atoms with E-state index >= 15 is 0 Å². The Morgan fingerprint density at radius 2 is 1.80 bits per heavy atom. The molecular formula is C10H7ClN2OS. The third-order valence-electron chi connectivity index (χ3n) is 1.92. The Morgan fingerprint density at radius 3 is 2.40 bits per heavy atom. The molecule has 0 fully saturated rings. The smallest absolute Gasteiger partial charge is 0.307 e. The van der Waals surface area contributed by atoms with E-state index in [1.54, 1.807) is 18.2 Å². The highest BCUT2D eigenvalue weighted by Crippen LogP contribution is 2.18. The standard InChI is InChI=1S/C10H7ClN2OS/c11-7-3-1-6(2-4-7)8-5-9(15)13-10(14)12-8/h1-5H,(H2,12,13,14,15). The highest BCUT2D eigenvalue weighted by atomic mass is 35.5. The van der Waals surface area contributed by atoms with Gasteiger partial charge in [0.25, 0.3) is 0 Å². The van der Waals surface area contributed by atoms with E-state index in [0.717, 1.165) is 5.56 Å². The summed E-state index contributed by atoms with van der Waals surface area (Å²) >= 11 is 10.7. The molecule has 1 heterocycles. The molecule has 2 rings (SSSR count). The molecule has 0 aliphatic carbocycles. The van der Waals surface area contributed by atoms with Crippen molar-refractivity contribution in [2.45, 2.75) is 0 Å². The van der Waals surface area contributed by atoms with Gasteiger partial charge in [0.05, 0.1) is 5.69 Å². The highest BCUT2D eigenvalue weighted by molar-refractivity contribution is 7.71. The maximum atomic E-state index is 11.1. The van der Waals surface area contributed by atoms with Crippen LogP contribution in [0.1, 0.15) is 0 Å². The Labute approximate surface area is 95.8 Å². The summed E-state index contributed by atoms with van der Waals surface area (Å²) in [4.78, 5) is 16.3. The van der Waals surface area contributed by atoms with Crippen LogP contribution in [-0.2, 0) is 0 Å². The summed E-state index contributed by atoms with van der Waals surface area (Å²) in [5.74, 6) is 0. The van der Waals surface area contributed by atoms with Crippen LogP contribution in [0.25, 0.3) is 11.3 Å². The molecule has 1 aromatic heterocycles. The number of aromatic nitrogens is 2. The third-order valence-corrected chi connectivity index (χ3v) is 2.39. The Morgan fingerprint density at radius 1 is 1.13 bits per heavy atom. The Bertz CT molecular complexity index is 557. The van der Waals surface area contributed by atoms with Crippen molar-refractivity contribution in [2.75, 3.05) is 0 Å². The predicted octanol–water partition coefficient (Wildman–Crippen LogP) is 2.75. The van der Waals surface area contributed by atoms with Crippen LogP contribution in [0.15, 0.2) is 35.1 Å². The molecule has 0 aliphatic heterocycles. The zero-order chi connectivity index (χ0) is 10.8. The summed E-state index contributed by atoms with van der Waals surface area (Å²) in [5, 5.41) is 0.655. The topological polar surface area (TPSA) is 48.6 Å². The van der Waals surface area contributed by atoms with E-state index in [1.807, 2.05) is 12.1 Å². The third kappa shape index (κ3) is 2.34. The second-order valence-corrected chi connectivity index (χ2v) is 3.88. The average Bonchev–Trinajstić information content (AvgIpc) is 2.17. The lowest BCUT2D eigenvalue weighted by atomic mass is 10.1. The van der Waals surface area contributed by atoms with Crippen molar-refractivity contribution in [2.24, 2.45) is 0 Å². The van der Waals surface area contributed by atoms with E-state index in [9.17, 15) is 4.79 Å². The zero-order valence-corrected chi connectivity index (χ0v) is 9.15. The molecule has 2 N–H and O–H groups in total. The molecule has 0 bridgehead atoms. The fourth-order valence-electron chi connectivity index (χ4n) is 1.25. The minimum Gasteiger partial charge on any atom is -0.307 e. The maximum Gasteiger partial charge on any atom is 0.324 e. The van der Waals surface area contributed by atoms with Gasteiger partial charge in [-0.2, -0.15) is 0 Å². The van der Waals surface area contributed by atoms with Crippen molar-refractivity contribution >= 4 is 23.8 Å². The molecule has 0 unspecified atom stereocenters. The number of hydrogen-bond donors (Lipinski definition) is 2. The van der Waals surface area contributed by atoms with Crippen LogP contribution in [0, 0.1) is 4.64 Å². The van der Waals surface area contributed by atoms with Crippen molar-refractivity contribution in [3.63, 3.8) is 0 Å². The normalized spacial score (nSPS) is 10.2. The molecule has 0 saturated heterocycles. The zero-order valence-electron chi connectivity index (χ0n) is 7.58. The molecule has 76 valence electrons. The summed E-state index contributed by atoms with van der Waals surface area (Å²) in [5.41, 5.74) is 1.24. The number of rotatable bonds is 1. The minimum absolute atomic E-state index is 0.313. The Balaban J connectivity index is 2.59. The van der Waals surface area contributed by atoms with Crippen LogP contribution in [-0.4, -0.2) is 9.97 Å². The lowest BCUT2D eigenvalue weighted by Crippen LogP contribution is -2.10. The average molecular weight is 239 g/mol. The number of benzene rings is 1.